The predicted molar refractivity (Wildman–Crippen MR) is 64.4 cm³/mol. The van der Waals surface area contributed by atoms with Gasteiger partial charge in [-0.1, -0.05) is 0 Å². The highest BCUT2D eigenvalue weighted by molar-refractivity contribution is 6.32. The number of halogens is 1. The van der Waals surface area contributed by atoms with Crippen molar-refractivity contribution in [3.8, 4) is 0 Å². The molecule has 2 rings (SSSR count). The number of carbonyl (C=O) groups is 2. The van der Waals surface area contributed by atoms with Crippen LogP contribution >= 0.6 is 11.6 Å². The van der Waals surface area contributed by atoms with Gasteiger partial charge in [0.2, 0.25) is 5.22 Å². The highest BCUT2D eigenvalue weighted by Crippen LogP contribution is 2.25. The normalized spacial score (nSPS) is 19.0. The zero-order valence-corrected chi connectivity index (χ0v) is 10.8. The van der Waals surface area contributed by atoms with Crippen molar-refractivity contribution in [1.29, 1.82) is 0 Å². The van der Waals surface area contributed by atoms with Gasteiger partial charge in [0.1, 0.15) is 6.04 Å². The molecule has 0 spiro atoms. The van der Waals surface area contributed by atoms with E-state index in [1.54, 1.807) is 6.92 Å². The van der Waals surface area contributed by atoms with Crippen LogP contribution in [0.4, 0.5) is 0 Å². The molecule has 0 saturated carbocycles. The molecular weight excluding hydrogens is 258 g/mol. The molecule has 1 saturated heterocycles. The number of hydrogen-bond acceptors (Lipinski definition) is 4. The summed E-state index contributed by atoms with van der Waals surface area (Å²) in [5.74, 6) is -0.646. The van der Waals surface area contributed by atoms with Gasteiger partial charge in [0.25, 0.3) is 5.91 Å². The summed E-state index contributed by atoms with van der Waals surface area (Å²) in [6.07, 6.45) is 2.76. The first kappa shape index (κ1) is 13.0. The van der Waals surface area contributed by atoms with Crippen LogP contribution in [0.25, 0.3) is 0 Å². The maximum absolute atomic E-state index is 12.2. The minimum atomic E-state index is -0.511. The van der Waals surface area contributed by atoms with Gasteiger partial charge in [0.15, 0.2) is 0 Å². The Balaban J connectivity index is 2.15. The molecule has 0 aliphatic carbocycles. The van der Waals surface area contributed by atoms with Gasteiger partial charge in [-0.3, -0.25) is 4.79 Å². The quantitative estimate of drug-likeness (QED) is 0.790. The third-order valence-corrected chi connectivity index (χ3v) is 3.21. The minimum absolute atomic E-state index is 0.0505. The van der Waals surface area contributed by atoms with Crippen LogP contribution in [0.15, 0.2) is 16.7 Å². The van der Waals surface area contributed by atoms with Crippen molar-refractivity contribution in [1.82, 2.24) is 4.90 Å². The van der Waals surface area contributed by atoms with E-state index in [1.165, 1.54) is 17.2 Å². The highest BCUT2D eigenvalue weighted by Gasteiger charge is 2.36. The average molecular weight is 272 g/mol. The van der Waals surface area contributed by atoms with E-state index in [2.05, 4.69) is 0 Å². The molecule has 98 valence electrons. The molecular formula is C12H14ClNO4. The first-order valence-corrected chi connectivity index (χ1v) is 6.23. The van der Waals surface area contributed by atoms with Gasteiger partial charge in [-0.25, -0.2) is 4.79 Å². The third-order valence-electron chi connectivity index (χ3n) is 2.92. The van der Waals surface area contributed by atoms with Crippen molar-refractivity contribution in [2.45, 2.75) is 25.8 Å². The van der Waals surface area contributed by atoms with E-state index in [9.17, 15) is 9.59 Å². The van der Waals surface area contributed by atoms with Crippen molar-refractivity contribution in [2.24, 2.45) is 0 Å². The Hall–Kier alpha value is -1.49. The Morgan fingerprint density at radius 3 is 3.00 bits per heavy atom. The van der Waals surface area contributed by atoms with Crippen molar-refractivity contribution < 1.29 is 18.7 Å². The minimum Gasteiger partial charge on any atom is -0.464 e. The van der Waals surface area contributed by atoms with Crippen molar-refractivity contribution in [2.75, 3.05) is 13.2 Å². The summed E-state index contributed by atoms with van der Waals surface area (Å²) < 4.78 is 9.85. The molecule has 2 heterocycles. The van der Waals surface area contributed by atoms with E-state index >= 15 is 0 Å². The Morgan fingerprint density at radius 2 is 2.39 bits per heavy atom. The van der Waals surface area contributed by atoms with E-state index in [0.29, 0.717) is 19.6 Å². The molecule has 1 fully saturated rings. The van der Waals surface area contributed by atoms with E-state index < -0.39 is 6.04 Å². The fraction of sp³-hybridized carbons (Fsp3) is 0.500. The largest absolute Gasteiger partial charge is 0.464 e. The molecule has 1 aromatic rings. The number of hydrogen-bond donors (Lipinski definition) is 0. The molecule has 1 atom stereocenters. The van der Waals surface area contributed by atoms with E-state index in [-0.39, 0.29) is 22.7 Å². The second-order valence-electron chi connectivity index (χ2n) is 4.02. The van der Waals surface area contributed by atoms with Crippen LogP contribution in [-0.4, -0.2) is 36.0 Å². The summed E-state index contributed by atoms with van der Waals surface area (Å²) in [5, 5.41) is 0.0505. The standard InChI is InChI=1S/C12H14ClNO4/c1-2-17-12(16)9-4-3-6-14(9)11(15)8-5-7-18-10(8)13/h5,7,9H,2-4,6H2,1H3. The van der Waals surface area contributed by atoms with Gasteiger partial charge < -0.3 is 14.1 Å². The Morgan fingerprint density at radius 1 is 1.61 bits per heavy atom. The van der Waals surface area contributed by atoms with Gasteiger partial charge in [-0.2, -0.15) is 0 Å². The summed E-state index contributed by atoms with van der Waals surface area (Å²) in [7, 11) is 0. The van der Waals surface area contributed by atoms with Crippen molar-refractivity contribution >= 4 is 23.5 Å². The number of furan rings is 1. The van der Waals surface area contributed by atoms with Crippen LogP contribution < -0.4 is 0 Å². The molecule has 0 bridgehead atoms. The molecule has 6 heteroatoms. The maximum Gasteiger partial charge on any atom is 0.328 e. The summed E-state index contributed by atoms with van der Waals surface area (Å²) in [6.45, 7) is 2.58. The van der Waals surface area contributed by atoms with Crippen LogP contribution in [0.3, 0.4) is 0 Å². The molecule has 1 unspecified atom stereocenters. The fourth-order valence-corrected chi connectivity index (χ4v) is 2.29. The Labute approximate surface area is 110 Å². The first-order chi connectivity index (χ1) is 8.65. The lowest BCUT2D eigenvalue weighted by Gasteiger charge is -2.22. The van der Waals surface area contributed by atoms with Crippen LogP contribution in [0.5, 0.6) is 0 Å². The van der Waals surface area contributed by atoms with Gasteiger partial charge in [-0.05, 0) is 37.4 Å². The highest BCUT2D eigenvalue weighted by atomic mass is 35.5. The number of ether oxygens (including phenoxy) is 1. The number of nitrogens with zero attached hydrogens (tertiary/aromatic N) is 1. The topological polar surface area (TPSA) is 59.8 Å². The second-order valence-corrected chi connectivity index (χ2v) is 4.36. The number of esters is 1. The first-order valence-electron chi connectivity index (χ1n) is 5.85. The third kappa shape index (κ3) is 2.36. The van der Waals surface area contributed by atoms with E-state index in [1.807, 2.05) is 0 Å². The number of likely N-dealkylation sites (tertiary alicyclic amines) is 1. The second kappa shape index (κ2) is 5.44. The van der Waals surface area contributed by atoms with E-state index in [4.69, 9.17) is 20.8 Å². The molecule has 1 aliphatic rings. The Bertz CT molecular complexity index is 457. The maximum atomic E-state index is 12.2. The van der Waals surface area contributed by atoms with Crippen LogP contribution in [0.1, 0.15) is 30.1 Å². The zero-order valence-electron chi connectivity index (χ0n) is 10.0. The lowest BCUT2D eigenvalue weighted by molar-refractivity contribution is -0.147. The van der Waals surface area contributed by atoms with E-state index in [0.717, 1.165) is 6.42 Å². The van der Waals surface area contributed by atoms with Crippen molar-refractivity contribution in [3.05, 3.63) is 23.1 Å². The monoisotopic (exact) mass is 271 g/mol. The number of carbonyl (C=O) groups excluding carboxylic acids is 2. The summed E-state index contributed by atoms with van der Waals surface area (Å²) in [4.78, 5) is 25.5. The van der Waals surface area contributed by atoms with Crippen LogP contribution in [0.2, 0.25) is 5.22 Å². The molecule has 0 aromatic carbocycles. The van der Waals surface area contributed by atoms with Crippen molar-refractivity contribution in [3.63, 3.8) is 0 Å². The molecule has 1 aromatic heterocycles. The molecule has 5 nitrogen and oxygen atoms in total. The molecule has 18 heavy (non-hydrogen) atoms. The van der Waals surface area contributed by atoms with Gasteiger partial charge in [0.05, 0.1) is 18.4 Å². The summed E-state index contributed by atoms with van der Waals surface area (Å²) >= 11 is 5.77. The summed E-state index contributed by atoms with van der Waals surface area (Å²) in [6, 6.07) is 0.994. The number of amides is 1. The van der Waals surface area contributed by atoms with Crippen LogP contribution in [-0.2, 0) is 9.53 Å². The smallest absolute Gasteiger partial charge is 0.328 e. The zero-order chi connectivity index (χ0) is 13.1. The lowest BCUT2D eigenvalue weighted by Crippen LogP contribution is -2.41. The molecule has 0 radical (unpaired) electrons. The number of rotatable bonds is 3. The Kier molecular flexibility index (Phi) is 3.91. The van der Waals surface area contributed by atoms with Gasteiger partial charge >= 0.3 is 5.97 Å². The van der Waals surface area contributed by atoms with Gasteiger partial charge in [-0.15, -0.1) is 0 Å². The molecule has 1 amide bonds. The summed E-state index contributed by atoms with van der Waals surface area (Å²) in [5.41, 5.74) is 0.285. The van der Waals surface area contributed by atoms with Crippen LogP contribution in [0, 0.1) is 0 Å². The molecule has 0 N–H and O–H groups in total. The predicted octanol–water partition coefficient (Wildman–Crippen LogP) is 2.10. The fourth-order valence-electron chi connectivity index (χ4n) is 2.09. The SMILES string of the molecule is CCOC(=O)C1CCCN1C(=O)c1ccoc1Cl. The molecule has 1 aliphatic heterocycles. The lowest BCUT2D eigenvalue weighted by atomic mass is 10.2. The average Bonchev–Trinajstić information content (AvgIpc) is 2.96. The van der Waals surface area contributed by atoms with Gasteiger partial charge in [0, 0.05) is 6.54 Å².